The monoisotopic (exact) mass is 379 g/mol. The van der Waals surface area contributed by atoms with Crippen molar-refractivity contribution in [1.29, 1.82) is 0 Å². The summed E-state index contributed by atoms with van der Waals surface area (Å²) in [6.07, 6.45) is 2.53. The van der Waals surface area contributed by atoms with Gasteiger partial charge in [-0.1, -0.05) is 43.9 Å². The predicted molar refractivity (Wildman–Crippen MR) is 100 cm³/mol. The van der Waals surface area contributed by atoms with Gasteiger partial charge in [0.2, 0.25) is 11.0 Å². The van der Waals surface area contributed by atoms with E-state index in [0.29, 0.717) is 11.0 Å². The lowest BCUT2D eigenvalue weighted by atomic mass is 10.2. The van der Waals surface area contributed by atoms with E-state index in [1.807, 2.05) is 13.8 Å². The first-order valence-electron chi connectivity index (χ1n) is 7.56. The summed E-state index contributed by atoms with van der Waals surface area (Å²) in [5.41, 5.74) is 0. The van der Waals surface area contributed by atoms with Crippen LogP contribution in [0.3, 0.4) is 0 Å². The summed E-state index contributed by atoms with van der Waals surface area (Å²) in [5, 5.41) is 14.2. The highest BCUT2D eigenvalue weighted by Gasteiger charge is 2.13. The van der Waals surface area contributed by atoms with Crippen molar-refractivity contribution >= 4 is 55.7 Å². The molecular weight excluding hydrogens is 362 g/mol. The van der Waals surface area contributed by atoms with Crippen molar-refractivity contribution < 1.29 is 4.79 Å². The van der Waals surface area contributed by atoms with Crippen LogP contribution in [0.1, 0.15) is 36.6 Å². The van der Waals surface area contributed by atoms with Crippen LogP contribution in [-0.4, -0.2) is 31.8 Å². The van der Waals surface area contributed by atoms with Gasteiger partial charge in [0.1, 0.15) is 21.2 Å². The summed E-state index contributed by atoms with van der Waals surface area (Å²) in [5.74, 6) is 0.479. The SMILES string of the molecule is CCc1cc2c(SCC(=O)Nc3nnc(C(C)C)s3)ncnc2s1. The summed E-state index contributed by atoms with van der Waals surface area (Å²) in [6.45, 7) is 6.22. The zero-order valence-electron chi connectivity index (χ0n) is 13.6. The summed E-state index contributed by atoms with van der Waals surface area (Å²) in [4.78, 5) is 23.0. The van der Waals surface area contributed by atoms with Crippen molar-refractivity contribution in [2.45, 2.75) is 38.1 Å². The van der Waals surface area contributed by atoms with Crippen LogP contribution in [0.4, 0.5) is 5.13 Å². The Morgan fingerprint density at radius 3 is 2.83 bits per heavy atom. The number of fused-ring (bicyclic) bond motifs is 1. The second-order valence-electron chi connectivity index (χ2n) is 5.40. The number of nitrogens with zero attached hydrogens (tertiary/aromatic N) is 4. The highest BCUT2D eigenvalue weighted by atomic mass is 32.2. The summed E-state index contributed by atoms with van der Waals surface area (Å²) < 4.78 is 0. The van der Waals surface area contributed by atoms with Crippen molar-refractivity contribution in [2.75, 3.05) is 11.1 Å². The number of anilines is 1. The van der Waals surface area contributed by atoms with Crippen LogP contribution in [0.2, 0.25) is 0 Å². The van der Waals surface area contributed by atoms with Crippen LogP contribution < -0.4 is 5.32 Å². The van der Waals surface area contributed by atoms with Gasteiger partial charge in [0.15, 0.2) is 0 Å². The molecule has 6 nitrogen and oxygen atoms in total. The molecule has 0 fully saturated rings. The van der Waals surface area contributed by atoms with Crippen LogP contribution in [0.25, 0.3) is 10.2 Å². The van der Waals surface area contributed by atoms with Crippen molar-refractivity contribution in [1.82, 2.24) is 20.2 Å². The molecule has 0 saturated heterocycles. The van der Waals surface area contributed by atoms with Crippen LogP contribution in [-0.2, 0) is 11.2 Å². The molecule has 0 aromatic carbocycles. The molecule has 0 radical (unpaired) electrons. The Labute approximate surface area is 152 Å². The third kappa shape index (κ3) is 3.90. The van der Waals surface area contributed by atoms with Gasteiger partial charge in [0.05, 0.1) is 5.75 Å². The average Bonchev–Trinajstić information content (AvgIpc) is 3.19. The average molecular weight is 380 g/mol. The molecule has 9 heteroatoms. The second-order valence-corrected chi connectivity index (χ2v) is 8.49. The number of thioether (sulfide) groups is 1. The third-order valence-electron chi connectivity index (χ3n) is 3.21. The van der Waals surface area contributed by atoms with Crippen LogP contribution in [0, 0.1) is 0 Å². The minimum Gasteiger partial charge on any atom is -0.300 e. The zero-order chi connectivity index (χ0) is 17.1. The molecule has 0 aliphatic heterocycles. The van der Waals surface area contributed by atoms with Gasteiger partial charge in [-0.3, -0.25) is 10.1 Å². The van der Waals surface area contributed by atoms with E-state index in [1.54, 1.807) is 17.7 Å². The fourth-order valence-corrected chi connectivity index (χ4v) is 4.51. The van der Waals surface area contributed by atoms with Gasteiger partial charge in [-0.05, 0) is 12.5 Å². The molecule has 3 rings (SSSR count). The lowest BCUT2D eigenvalue weighted by Crippen LogP contribution is -2.13. The third-order valence-corrected chi connectivity index (χ3v) is 6.55. The van der Waals surface area contributed by atoms with Crippen LogP contribution >= 0.6 is 34.4 Å². The molecule has 0 saturated carbocycles. The van der Waals surface area contributed by atoms with Gasteiger partial charge in [0.25, 0.3) is 0 Å². The highest BCUT2D eigenvalue weighted by molar-refractivity contribution is 8.00. The number of aromatic nitrogens is 4. The molecule has 1 amide bonds. The maximum Gasteiger partial charge on any atom is 0.236 e. The topological polar surface area (TPSA) is 80.7 Å². The van der Waals surface area contributed by atoms with Gasteiger partial charge in [-0.15, -0.1) is 21.5 Å². The van der Waals surface area contributed by atoms with Crippen molar-refractivity contribution in [2.24, 2.45) is 0 Å². The van der Waals surface area contributed by atoms with Gasteiger partial charge in [0, 0.05) is 16.2 Å². The van der Waals surface area contributed by atoms with E-state index in [4.69, 9.17) is 0 Å². The standard InChI is InChI=1S/C15H17N5OS3/c1-4-9-5-10-13(16-7-17-14(10)23-9)22-6-11(21)18-15-20-19-12(24-15)8(2)3/h5,7-8H,4,6H2,1-3H3,(H,18,20,21). The lowest BCUT2D eigenvalue weighted by Gasteiger charge is -2.02. The number of carbonyl (C=O) groups excluding carboxylic acids is 1. The number of aryl methyl sites for hydroxylation is 1. The Hall–Kier alpha value is -1.58. The maximum absolute atomic E-state index is 12.1. The number of carbonyl (C=O) groups is 1. The molecule has 0 spiro atoms. The van der Waals surface area contributed by atoms with E-state index in [1.165, 1.54) is 28.0 Å². The largest absolute Gasteiger partial charge is 0.300 e. The molecule has 0 aliphatic rings. The summed E-state index contributed by atoms with van der Waals surface area (Å²) >= 11 is 4.50. The Bertz CT molecular complexity index is 858. The Morgan fingerprint density at radius 2 is 2.12 bits per heavy atom. The molecule has 24 heavy (non-hydrogen) atoms. The zero-order valence-corrected chi connectivity index (χ0v) is 16.0. The molecule has 3 heterocycles. The number of hydrogen-bond donors (Lipinski definition) is 1. The Kier molecular flexibility index (Phi) is 5.42. The number of hydrogen-bond acceptors (Lipinski definition) is 8. The number of amides is 1. The van der Waals surface area contributed by atoms with Crippen molar-refractivity contribution in [3.05, 3.63) is 22.3 Å². The van der Waals surface area contributed by atoms with E-state index in [9.17, 15) is 4.79 Å². The number of thiophene rings is 1. The van der Waals surface area contributed by atoms with E-state index >= 15 is 0 Å². The molecule has 0 atom stereocenters. The quantitative estimate of drug-likeness (QED) is 0.516. The lowest BCUT2D eigenvalue weighted by molar-refractivity contribution is -0.113. The van der Waals surface area contributed by atoms with E-state index < -0.39 is 0 Å². The molecule has 126 valence electrons. The minimum absolute atomic E-state index is 0.107. The number of nitrogens with one attached hydrogen (secondary N) is 1. The normalized spacial score (nSPS) is 11.3. The summed E-state index contributed by atoms with van der Waals surface area (Å²) in [7, 11) is 0. The van der Waals surface area contributed by atoms with Crippen LogP contribution in [0.5, 0.6) is 0 Å². The van der Waals surface area contributed by atoms with Gasteiger partial charge < -0.3 is 0 Å². The van der Waals surface area contributed by atoms with E-state index in [-0.39, 0.29) is 11.7 Å². The van der Waals surface area contributed by atoms with Crippen molar-refractivity contribution in [3.63, 3.8) is 0 Å². The van der Waals surface area contributed by atoms with Gasteiger partial charge >= 0.3 is 0 Å². The first-order chi connectivity index (χ1) is 11.6. The molecule has 3 aromatic rings. The van der Waals surface area contributed by atoms with Crippen LogP contribution in [0.15, 0.2) is 17.4 Å². The van der Waals surface area contributed by atoms with E-state index in [2.05, 4.69) is 38.5 Å². The Morgan fingerprint density at radius 1 is 1.29 bits per heavy atom. The first-order valence-corrected chi connectivity index (χ1v) is 10.2. The van der Waals surface area contributed by atoms with E-state index in [0.717, 1.165) is 26.7 Å². The maximum atomic E-state index is 12.1. The fourth-order valence-electron chi connectivity index (χ4n) is 1.98. The van der Waals surface area contributed by atoms with Crippen molar-refractivity contribution in [3.8, 4) is 0 Å². The summed E-state index contributed by atoms with van der Waals surface area (Å²) in [6, 6.07) is 2.11. The number of rotatable bonds is 6. The Balaban J connectivity index is 1.64. The smallest absolute Gasteiger partial charge is 0.236 e. The second kappa shape index (κ2) is 7.54. The minimum atomic E-state index is -0.107. The predicted octanol–water partition coefficient (Wildman–Crippen LogP) is 3.96. The molecular formula is C15H17N5OS3. The van der Waals surface area contributed by atoms with Gasteiger partial charge in [-0.25, -0.2) is 9.97 Å². The first kappa shape index (κ1) is 17.2. The molecule has 3 aromatic heterocycles. The fraction of sp³-hybridized carbons (Fsp3) is 0.400. The molecule has 1 N–H and O–H groups in total. The highest BCUT2D eigenvalue weighted by Crippen LogP contribution is 2.31. The van der Waals surface area contributed by atoms with Gasteiger partial charge in [-0.2, -0.15) is 0 Å². The molecule has 0 aliphatic carbocycles. The molecule has 0 unspecified atom stereocenters. The molecule has 0 bridgehead atoms.